The zero-order valence-electron chi connectivity index (χ0n) is 16.3. The van der Waals surface area contributed by atoms with Gasteiger partial charge in [-0.25, -0.2) is 14.5 Å². The SMILES string of the molecule is COC(=O)c1ccc2c(=O)n(N)c(SCc3ccc(N4CCCC4=O)cc3)nc2c1. The third-order valence-electron chi connectivity index (χ3n) is 4.98. The zero-order valence-corrected chi connectivity index (χ0v) is 17.1. The van der Waals surface area contributed by atoms with E-state index in [4.69, 9.17) is 10.6 Å². The van der Waals surface area contributed by atoms with E-state index in [1.54, 1.807) is 4.90 Å². The summed E-state index contributed by atoms with van der Waals surface area (Å²) in [6.45, 7) is 0.751. The molecule has 4 rings (SSSR count). The topological polar surface area (TPSA) is 108 Å². The average Bonchev–Trinajstić information content (AvgIpc) is 3.20. The number of thioether (sulfide) groups is 1. The molecule has 2 aromatic carbocycles. The first-order valence-corrected chi connectivity index (χ1v) is 10.4. The predicted octanol–water partition coefficient (Wildman–Crippen LogP) is 2.32. The molecule has 9 heteroatoms. The van der Waals surface area contributed by atoms with Gasteiger partial charge in [0.15, 0.2) is 5.16 Å². The summed E-state index contributed by atoms with van der Waals surface area (Å²) in [6.07, 6.45) is 1.48. The van der Waals surface area contributed by atoms with Crippen LogP contribution in [0.4, 0.5) is 5.69 Å². The van der Waals surface area contributed by atoms with Crippen LogP contribution in [0.3, 0.4) is 0 Å². The van der Waals surface area contributed by atoms with Crippen LogP contribution in [0, 0.1) is 0 Å². The first kappa shape index (κ1) is 20.0. The molecular weight excluding hydrogens is 404 g/mol. The lowest BCUT2D eigenvalue weighted by molar-refractivity contribution is -0.117. The van der Waals surface area contributed by atoms with Gasteiger partial charge in [0.05, 0.1) is 23.6 Å². The monoisotopic (exact) mass is 424 g/mol. The summed E-state index contributed by atoms with van der Waals surface area (Å²) < 4.78 is 5.74. The summed E-state index contributed by atoms with van der Waals surface area (Å²) in [6, 6.07) is 12.3. The van der Waals surface area contributed by atoms with Crippen molar-refractivity contribution >= 4 is 40.2 Å². The number of hydrogen-bond donors (Lipinski definition) is 1. The Morgan fingerprint density at radius 1 is 1.20 bits per heavy atom. The Morgan fingerprint density at radius 2 is 1.97 bits per heavy atom. The number of fused-ring (bicyclic) bond motifs is 1. The number of carbonyl (C=O) groups is 2. The molecule has 8 nitrogen and oxygen atoms in total. The van der Waals surface area contributed by atoms with Crippen molar-refractivity contribution in [1.29, 1.82) is 0 Å². The summed E-state index contributed by atoms with van der Waals surface area (Å²) in [4.78, 5) is 42.4. The Hall–Kier alpha value is -3.33. The van der Waals surface area contributed by atoms with Crippen molar-refractivity contribution in [1.82, 2.24) is 9.66 Å². The highest BCUT2D eigenvalue weighted by atomic mass is 32.2. The van der Waals surface area contributed by atoms with Crippen LogP contribution in [0.25, 0.3) is 10.9 Å². The van der Waals surface area contributed by atoms with Gasteiger partial charge in [0.2, 0.25) is 5.91 Å². The summed E-state index contributed by atoms with van der Waals surface area (Å²) in [7, 11) is 1.30. The van der Waals surface area contributed by atoms with E-state index < -0.39 is 5.97 Å². The molecule has 0 unspecified atom stereocenters. The van der Waals surface area contributed by atoms with Crippen LogP contribution in [0.1, 0.15) is 28.8 Å². The first-order valence-electron chi connectivity index (χ1n) is 9.40. The van der Waals surface area contributed by atoms with Gasteiger partial charge in [-0.1, -0.05) is 23.9 Å². The average molecular weight is 424 g/mol. The Morgan fingerprint density at radius 3 is 2.63 bits per heavy atom. The molecule has 1 saturated heterocycles. The minimum atomic E-state index is -0.499. The van der Waals surface area contributed by atoms with Crippen molar-refractivity contribution < 1.29 is 14.3 Å². The number of ether oxygens (including phenoxy) is 1. The lowest BCUT2D eigenvalue weighted by Gasteiger charge is -2.16. The number of nitrogens with two attached hydrogens (primary N) is 1. The number of benzene rings is 2. The van der Waals surface area contributed by atoms with Crippen LogP contribution in [-0.2, 0) is 15.3 Å². The fourth-order valence-corrected chi connectivity index (χ4v) is 4.24. The number of amides is 1. The van der Waals surface area contributed by atoms with Crippen LogP contribution in [0.5, 0.6) is 0 Å². The summed E-state index contributed by atoms with van der Waals surface area (Å²) in [5, 5.41) is 0.669. The highest BCUT2D eigenvalue weighted by Gasteiger charge is 2.21. The standard InChI is InChI=1S/C21H20N4O4S/c1-29-20(28)14-6-9-16-17(11-14)23-21(25(22)19(16)27)30-12-13-4-7-15(8-5-13)24-10-2-3-18(24)26/h4-9,11H,2-3,10,12,22H2,1H3. The van der Waals surface area contributed by atoms with E-state index in [0.29, 0.717) is 33.8 Å². The maximum atomic E-state index is 12.6. The van der Waals surface area contributed by atoms with E-state index in [-0.39, 0.29) is 11.5 Å². The number of esters is 1. The van der Waals surface area contributed by atoms with Crippen LogP contribution in [0.15, 0.2) is 52.4 Å². The smallest absolute Gasteiger partial charge is 0.337 e. The van der Waals surface area contributed by atoms with Crippen molar-refractivity contribution in [3.8, 4) is 0 Å². The van der Waals surface area contributed by atoms with Gasteiger partial charge in [0.1, 0.15) is 0 Å². The maximum absolute atomic E-state index is 12.6. The highest BCUT2D eigenvalue weighted by molar-refractivity contribution is 7.98. The van der Waals surface area contributed by atoms with E-state index in [0.717, 1.165) is 28.9 Å². The van der Waals surface area contributed by atoms with E-state index in [2.05, 4.69) is 4.98 Å². The molecule has 154 valence electrons. The molecule has 2 heterocycles. The van der Waals surface area contributed by atoms with Gasteiger partial charge in [0, 0.05) is 24.4 Å². The number of carbonyl (C=O) groups excluding carboxylic acids is 2. The van der Waals surface area contributed by atoms with E-state index >= 15 is 0 Å². The zero-order chi connectivity index (χ0) is 21.3. The largest absolute Gasteiger partial charge is 0.465 e. The number of anilines is 1. The Bertz CT molecular complexity index is 1190. The summed E-state index contributed by atoms with van der Waals surface area (Å²) >= 11 is 1.32. The molecule has 1 aliphatic rings. The molecule has 0 saturated carbocycles. The number of hydrogen-bond acceptors (Lipinski definition) is 7. The van der Waals surface area contributed by atoms with Gasteiger partial charge in [0.25, 0.3) is 5.56 Å². The molecule has 2 N–H and O–H groups in total. The van der Waals surface area contributed by atoms with Crippen molar-refractivity contribution in [2.75, 3.05) is 24.4 Å². The minimum Gasteiger partial charge on any atom is -0.465 e. The van der Waals surface area contributed by atoms with Gasteiger partial charge in [-0.05, 0) is 42.3 Å². The third kappa shape index (κ3) is 3.76. The van der Waals surface area contributed by atoms with E-state index in [1.807, 2.05) is 24.3 Å². The van der Waals surface area contributed by atoms with Gasteiger partial charge in [-0.2, -0.15) is 0 Å². The van der Waals surface area contributed by atoms with Gasteiger partial charge in [-0.3, -0.25) is 9.59 Å². The van der Waals surface area contributed by atoms with Crippen LogP contribution in [0.2, 0.25) is 0 Å². The van der Waals surface area contributed by atoms with Crippen molar-refractivity contribution in [2.24, 2.45) is 0 Å². The first-order chi connectivity index (χ1) is 14.5. The van der Waals surface area contributed by atoms with Crippen molar-refractivity contribution in [3.05, 3.63) is 63.9 Å². The molecule has 1 aliphatic heterocycles. The number of aromatic nitrogens is 2. The molecule has 0 bridgehead atoms. The molecule has 0 aliphatic carbocycles. The quantitative estimate of drug-likeness (QED) is 0.290. The van der Waals surface area contributed by atoms with E-state index in [9.17, 15) is 14.4 Å². The number of nitrogens with zero attached hydrogens (tertiary/aromatic N) is 3. The second-order valence-corrected chi connectivity index (χ2v) is 7.84. The Balaban J connectivity index is 1.56. The second-order valence-electron chi connectivity index (χ2n) is 6.90. The Labute approximate surface area is 176 Å². The lowest BCUT2D eigenvalue weighted by Crippen LogP contribution is -2.29. The third-order valence-corrected chi connectivity index (χ3v) is 6.00. The number of nitrogen functional groups attached to an aromatic ring is 1. The molecule has 30 heavy (non-hydrogen) atoms. The van der Waals surface area contributed by atoms with Crippen molar-refractivity contribution in [3.63, 3.8) is 0 Å². The van der Waals surface area contributed by atoms with Crippen LogP contribution < -0.4 is 16.3 Å². The van der Waals surface area contributed by atoms with Gasteiger partial charge >= 0.3 is 5.97 Å². The van der Waals surface area contributed by atoms with Crippen LogP contribution >= 0.6 is 11.8 Å². The molecule has 0 atom stereocenters. The maximum Gasteiger partial charge on any atom is 0.337 e. The normalized spacial score (nSPS) is 13.8. The molecule has 0 radical (unpaired) electrons. The molecule has 1 fully saturated rings. The van der Waals surface area contributed by atoms with Crippen LogP contribution in [-0.4, -0.2) is 35.2 Å². The number of rotatable bonds is 5. The van der Waals surface area contributed by atoms with Gasteiger partial charge < -0.3 is 15.5 Å². The minimum absolute atomic E-state index is 0.149. The predicted molar refractivity (Wildman–Crippen MR) is 115 cm³/mol. The number of methoxy groups -OCH3 is 1. The van der Waals surface area contributed by atoms with Gasteiger partial charge in [-0.15, -0.1) is 0 Å². The summed E-state index contributed by atoms with van der Waals surface area (Å²) in [5.74, 6) is 6.14. The lowest BCUT2D eigenvalue weighted by atomic mass is 10.1. The van der Waals surface area contributed by atoms with E-state index in [1.165, 1.54) is 37.1 Å². The second kappa shape index (κ2) is 8.19. The molecule has 1 aromatic heterocycles. The molecule has 1 amide bonds. The highest BCUT2D eigenvalue weighted by Crippen LogP contribution is 2.25. The molecule has 3 aromatic rings. The fraction of sp³-hybridized carbons (Fsp3) is 0.238. The molecular formula is C21H20N4O4S. The summed E-state index contributed by atoms with van der Waals surface area (Å²) in [5.41, 5.74) is 2.21. The van der Waals surface area contributed by atoms with Crippen molar-refractivity contribution in [2.45, 2.75) is 23.8 Å². The molecule has 0 spiro atoms. The fourth-order valence-electron chi connectivity index (χ4n) is 3.37. The Kier molecular flexibility index (Phi) is 5.45.